The van der Waals surface area contributed by atoms with Gasteiger partial charge >= 0.3 is 0 Å². The number of morpholine rings is 1. The van der Waals surface area contributed by atoms with Gasteiger partial charge in [-0.2, -0.15) is 0 Å². The summed E-state index contributed by atoms with van der Waals surface area (Å²) in [5.41, 5.74) is 6.31. The lowest BCUT2D eigenvalue weighted by molar-refractivity contribution is 0.0322. The maximum atomic E-state index is 9.89. The first kappa shape index (κ1) is 24.4. The summed E-state index contributed by atoms with van der Waals surface area (Å²) in [5.74, 6) is 1.10. The summed E-state index contributed by atoms with van der Waals surface area (Å²) in [7, 11) is 0. The molecule has 186 valence electrons. The molecule has 2 heterocycles. The van der Waals surface area contributed by atoms with E-state index < -0.39 is 0 Å². The lowest BCUT2D eigenvalue weighted by Crippen LogP contribution is -2.38. The van der Waals surface area contributed by atoms with Gasteiger partial charge in [0, 0.05) is 31.1 Å². The average molecular weight is 504 g/mol. The fraction of sp³-hybridized carbons (Fsp3) is 0.267. The number of phenols is 1. The van der Waals surface area contributed by atoms with Crippen LogP contribution in [0.1, 0.15) is 30.0 Å². The van der Waals surface area contributed by atoms with E-state index in [1.807, 2.05) is 36.4 Å². The van der Waals surface area contributed by atoms with Gasteiger partial charge < -0.3 is 19.0 Å². The normalized spacial score (nSPS) is 15.2. The number of allylic oxidation sites excluding steroid dienone is 1. The summed E-state index contributed by atoms with van der Waals surface area (Å²) in [4.78, 5) is 2.36. The van der Waals surface area contributed by atoms with Crippen LogP contribution >= 0.6 is 11.6 Å². The van der Waals surface area contributed by atoms with Crippen LogP contribution in [0.4, 0.5) is 0 Å². The third-order valence-electron chi connectivity index (χ3n) is 6.57. The van der Waals surface area contributed by atoms with Crippen molar-refractivity contribution in [1.82, 2.24) is 4.90 Å². The maximum absolute atomic E-state index is 9.89. The SMILES string of the molecule is CC/C(=C(/c1ccc(O)cc1)c1ccc(OCCN2CCOCC2)cc1)c1ccc2oc(Cl)cc2c1. The number of hydrogen-bond acceptors (Lipinski definition) is 5. The zero-order valence-electron chi connectivity index (χ0n) is 20.4. The molecular formula is C30H30ClNO4. The fourth-order valence-electron chi connectivity index (χ4n) is 4.70. The van der Waals surface area contributed by atoms with Crippen LogP contribution in [0.3, 0.4) is 0 Å². The van der Waals surface area contributed by atoms with Gasteiger partial charge in [-0.05, 0) is 82.3 Å². The Balaban J connectivity index is 1.46. The number of nitrogens with zero attached hydrogens (tertiary/aromatic N) is 1. The van der Waals surface area contributed by atoms with Crippen molar-refractivity contribution >= 4 is 33.7 Å². The molecule has 6 heteroatoms. The molecule has 3 aromatic carbocycles. The summed E-state index contributed by atoms with van der Waals surface area (Å²) in [6.45, 7) is 7.20. The molecule has 1 fully saturated rings. The molecule has 0 spiro atoms. The Morgan fingerprint density at radius 1 is 0.917 bits per heavy atom. The summed E-state index contributed by atoms with van der Waals surface area (Å²) >= 11 is 6.09. The minimum absolute atomic E-state index is 0.245. The van der Waals surface area contributed by atoms with Crippen LogP contribution < -0.4 is 4.74 Å². The zero-order chi connectivity index (χ0) is 24.9. The van der Waals surface area contributed by atoms with Crippen molar-refractivity contribution in [2.75, 3.05) is 39.5 Å². The molecule has 5 rings (SSSR count). The highest BCUT2D eigenvalue weighted by Crippen LogP contribution is 2.37. The number of rotatable bonds is 8. The number of aromatic hydroxyl groups is 1. The molecule has 0 amide bonds. The van der Waals surface area contributed by atoms with E-state index in [9.17, 15) is 5.11 Å². The van der Waals surface area contributed by atoms with Gasteiger partial charge in [0.25, 0.3) is 0 Å². The van der Waals surface area contributed by atoms with Crippen LogP contribution in [-0.2, 0) is 4.74 Å². The molecule has 0 radical (unpaired) electrons. The Hall–Kier alpha value is -3.25. The molecule has 0 atom stereocenters. The highest BCUT2D eigenvalue weighted by molar-refractivity contribution is 6.29. The van der Waals surface area contributed by atoms with E-state index in [1.54, 1.807) is 12.1 Å². The second-order valence-electron chi connectivity index (χ2n) is 8.88. The topological polar surface area (TPSA) is 55.1 Å². The van der Waals surface area contributed by atoms with Gasteiger partial charge in [0.2, 0.25) is 0 Å². The molecule has 0 aliphatic carbocycles. The molecule has 1 aromatic heterocycles. The second kappa shape index (κ2) is 11.2. The number of fused-ring (bicyclic) bond motifs is 1. The fourth-order valence-corrected chi connectivity index (χ4v) is 4.90. The third-order valence-corrected chi connectivity index (χ3v) is 6.76. The molecule has 5 nitrogen and oxygen atoms in total. The Bertz CT molecular complexity index is 1340. The molecule has 0 bridgehead atoms. The number of phenolic OH excluding ortho intramolecular Hbond substituents is 1. The Morgan fingerprint density at radius 2 is 1.58 bits per heavy atom. The van der Waals surface area contributed by atoms with Crippen LogP contribution in [0, 0.1) is 0 Å². The van der Waals surface area contributed by atoms with Gasteiger partial charge in [0.1, 0.15) is 23.7 Å². The molecule has 1 aliphatic heterocycles. The lowest BCUT2D eigenvalue weighted by Gasteiger charge is -2.26. The van der Waals surface area contributed by atoms with Crippen LogP contribution in [0.25, 0.3) is 22.1 Å². The number of halogens is 1. The maximum Gasteiger partial charge on any atom is 0.194 e. The molecule has 0 unspecified atom stereocenters. The molecule has 1 saturated heterocycles. The summed E-state index contributed by atoms with van der Waals surface area (Å²) in [6, 6.07) is 23.6. The molecule has 36 heavy (non-hydrogen) atoms. The van der Waals surface area contributed by atoms with Crippen molar-refractivity contribution in [3.8, 4) is 11.5 Å². The average Bonchev–Trinajstić information content (AvgIpc) is 3.28. The molecular weight excluding hydrogens is 474 g/mol. The lowest BCUT2D eigenvalue weighted by atomic mass is 9.88. The van der Waals surface area contributed by atoms with E-state index >= 15 is 0 Å². The van der Waals surface area contributed by atoms with Crippen molar-refractivity contribution < 1.29 is 19.0 Å². The highest BCUT2D eigenvalue weighted by Gasteiger charge is 2.15. The van der Waals surface area contributed by atoms with Crippen molar-refractivity contribution in [1.29, 1.82) is 0 Å². The zero-order valence-corrected chi connectivity index (χ0v) is 21.1. The summed E-state index contributed by atoms with van der Waals surface area (Å²) in [6.07, 6.45) is 0.825. The smallest absolute Gasteiger partial charge is 0.194 e. The first-order chi connectivity index (χ1) is 17.6. The number of furan rings is 1. The van der Waals surface area contributed by atoms with Gasteiger partial charge in [-0.1, -0.05) is 37.3 Å². The summed E-state index contributed by atoms with van der Waals surface area (Å²) < 4.78 is 17.0. The van der Waals surface area contributed by atoms with Gasteiger partial charge in [-0.15, -0.1) is 0 Å². The van der Waals surface area contributed by atoms with E-state index in [4.69, 9.17) is 25.5 Å². The molecule has 0 saturated carbocycles. The van der Waals surface area contributed by atoms with Gasteiger partial charge in [-0.3, -0.25) is 4.90 Å². The van der Waals surface area contributed by atoms with Crippen molar-refractivity contribution in [3.63, 3.8) is 0 Å². The predicted molar refractivity (Wildman–Crippen MR) is 145 cm³/mol. The second-order valence-corrected chi connectivity index (χ2v) is 9.26. The van der Waals surface area contributed by atoms with Gasteiger partial charge in [0.05, 0.1) is 13.2 Å². The predicted octanol–water partition coefficient (Wildman–Crippen LogP) is 6.87. The summed E-state index contributed by atoms with van der Waals surface area (Å²) in [5, 5.41) is 11.2. The molecule has 4 aromatic rings. The minimum atomic E-state index is 0.245. The Kier molecular flexibility index (Phi) is 7.61. The van der Waals surface area contributed by atoms with Crippen LogP contribution in [0.15, 0.2) is 77.2 Å². The minimum Gasteiger partial charge on any atom is -0.508 e. The van der Waals surface area contributed by atoms with E-state index in [-0.39, 0.29) is 5.75 Å². The van der Waals surface area contributed by atoms with E-state index in [2.05, 4.69) is 36.1 Å². The monoisotopic (exact) mass is 503 g/mol. The largest absolute Gasteiger partial charge is 0.508 e. The van der Waals surface area contributed by atoms with Crippen LogP contribution in [0.5, 0.6) is 11.5 Å². The van der Waals surface area contributed by atoms with E-state index in [0.29, 0.717) is 11.8 Å². The van der Waals surface area contributed by atoms with Crippen LogP contribution in [0.2, 0.25) is 5.22 Å². The molecule has 1 N–H and O–H groups in total. The van der Waals surface area contributed by atoms with Gasteiger partial charge in [-0.25, -0.2) is 0 Å². The van der Waals surface area contributed by atoms with Crippen LogP contribution in [-0.4, -0.2) is 49.5 Å². The standard InChI is InChI=1S/C30H30ClNO4/c1-2-27(23-7-12-28-24(19-23)20-29(31)36-28)30(21-3-8-25(33)9-4-21)22-5-10-26(11-6-22)35-18-15-32-13-16-34-17-14-32/h3-12,19-20,33H,2,13-18H2,1H3/b30-27+. The number of hydrogen-bond donors (Lipinski definition) is 1. The Labute approximate surface area is 216 Å². The van der Waals surface area contributed by atoms with Gasteiger partial charge in [0.15, 0.2) is 5.22 Å². The first-order valence-electron chi connectivity index (χ1n) is 12.4. The van der Waals surface area contributed by atoms with Crippen molar-refractivity contribution in [2.45, 2.75) is 13.3 Å². The van der Waals surface area contributed by atoms with Crippen molar-refractivity contribution in [2.24, 2.45) is 0 Å². The van der Waals surface area contributed by atoms with E-state index in [1.165, 1.54) is 5.57 Å². The highest BCUT2D eigenvalue weighted by atomic mass is 35.5. The Morgan fingerprint density at radius 3 is 2.28 bits per heavy atom. The quantitative estimate of drug-likeness (QED) is 0.266. The first-order valence-corrected chi connectivity index (χ1v) is 12.7. The molecule has 1 aliphatic rings. The van der Waals surface area contributed by atoms with E-state index in [0.717, 1.165) is 78.3 Å². The third kappa shape index (κ3) is 5.59. The number of ether oxygens (including phenoxy) is 2. The number of benzene rings is 3. The van der Waals surface area contributed by atoms with Crippen molar-refractivity contribution in [3.05, 3.63) is 94.7 Å².